The van der Waals surface area contributed by atoms with E-state index in [2.05, 4.69) is 24.9 Å². The van der Waals surface area contributed by atoms with Gasteiger partial charge in [-0.3, -0.25) is 14.3 Å². The first-order valence-electron chi connectivity index (χ1n) is 9.18. The van der Waals surface area contributed by atoms with Crippen molar-refractivity contribution >= 4 is 29.4 Å². The smallest absolute Gasteiger partial charge is 0.332 e. The molecule has 14 heteroatoms. The number of nitrogens with zero attached hydrogens (tertiary/aromatic N) is 3. The van der Waals surface area contributed by atoms with Gasteiger partial charge in [0.05, 0.1) is 19.3 Å². The van der Waals surface area contributed by atoms with Crippen LogP contribution in [-0.2, 0) is 9.53 Å². The lowest BCUT2D eigenvalue weighted by Crippen LogP contribution is -2.33. The zero-order valence-corrected chi connectivity index (χ0v) is 17.9. The molecule has 3 aromatic rings. The van der Waals surface area contributed by atoms with E-state index in [4.69, 9.17) is 32.3 Å². The number of aromatic nitrogens is 6. The van der Waals surface area contributed by atoms with Crippen molar-refractivity contribution in [3.63, 3.8) is 0 Å². The molecule has 0 fully saturated rings. The molecule has 0 saturated carbocycles. The van der Waals surface area contributed by atoms with E-state index in [0.29, 0.717) is 10.2 Å². The van der Waals surface area contributed by atoms with Gasteiger partial charge in [0.15, 0.2) is 16.5 Å². The van der Waals surface area contributed by atoms with Gasteiger partial charge in [0.2, 0.25) is 0 Å². The molecule has 0 amide bonds. The number of aliphatic carboxylic acids is 1. The predicted molar refractivity (Wildman–Crippen MR) is 115 cm³/mol. The number of nitrogens with one attached hydrogen (secondary N) is 3. The van der Waals surface area contributed by atoms with E-state index in [1.165, 1.54) is 24.0 Å². The monoisotopic (exact) mass is 466 g/mol. The molecule has 6 N–H and O–H groups in total. The minimum absolute atomic E-state index is 0.135. The summed E-state index contributed by atoms with van der Waals surface area (Å²) < 4.78 is 7.18. The highest BCUT2D eigenvalue weighted by Gasteiger charge is 2.21. The van der Waals surface area contributed by atoms with Gasteiger partial charge in [0, 0.05) is 11.8 Å². The Labute approximate surface area is 185 Å². The number of aromatic amines is 3. The van der Waals surface area contributed by atoms with Crippen molar-refractivity contribution in [3.8, 4) is 0 Å². The summed E-state index contributed by atoms with van der Waals surface area (Å²) in [5, 5.41) is 24.6. The standard InChI is InChI=1S/C10H12N2O4.C5H4N4S.C3H6O3/c1-6-4-12(10(15)11-9(6)14)8-3-2-7(5-13)16-8;10-5-3-4(7-1-6-3)8-2-9-5;1-2(4)3(5)6/h2-4,7-8,13H,5H2,1H3,(H,11,14,15);1-2H,(H2,6,7,8,9,10);2,4H,1H3,(H,5,6)/t7-,8+;;/m0../s1. The molecule has 0 aromatic carbocycles. The van der Waals surface area contributed by atoms with Crippen molar-refractivity contribution in [1.29, 1.82) is 0 Å². The Balaban J connectivity index is 0.000000193. The van der Waals surface area contributed by atoms with E-state index < -0.39 is 35.7 Å². The summed E-state index contributed by atoms with van der Waals surface area (Å²) in [6, 6.07) is 0. The molecule has 3 atom stereocenters. The lowest BCUT2D eigenvalue weighted by atomic mass is 10.3. The van der Waals surface area contributed by atoms with Crippen molar-refractivity contribution < 1.29 is 24.9 Å². The Kier molecular flexibility index (Phi) is 8.71. The maximum absolute atomic E-state index is 11.5. The molecule has 4 rings (SSSR count). The van der Waals surface area contributed by atoms with Gasteiger partial charge in [-0.05, 0) is 19.9 Å². The van der Waals surface area contributed by atoms with Gasteiger partial charge in [-0.2, -0.15) is 0 Å². The van der Waals surface area contributed by atoms with Crippen molar-refractivity contribution in [2.75, 3.05) is 6.61 Å². The topological polar surface area (TPSA) is 199 Å². The number of hydrogen-bond acceptors (Lipinski definition) is 9. The third kappa shape index (κ3) is 6.52. The minimum Gasteiger partial charge on any atom is -0.479 e. The number of carbonyl (C=O) groups is 1. The third-order valence-electron chi connectivity index (χ3n) is 4.00. The Morgan fingerprint density at radius 2 is 1.94 bits per heavy atom. The molecule has 32 heavy (non-hydrogen) atoms. The fourth-order valence-electron chi connectivity index (χ4n) is 2.31. The number of carboxylic acid groups (broad SMARTS) is 1. The SMILES string of the molecule is CC(O)C(=O)O.Cc1cn([C@H]2C=C[C@@H](CO)O2)c(=O)[nH]c1=O.S=c1nc[nH]c2nc[nH]c12. The van der Waals surface area contributed by atoms with Crippen LogP contribution in [-0.4, -0.2) is 69.6 Å². The molecule has 1 aliphatic rings. The quantitative estimate of drug-likeness (QED) is 0.221. The van der Waals surface area contributed by atoms with E-state index >= 15 is 0 Å². The Morgan fingerprint density at radius 1 is 1.28 bits per heavy atom. The first kappa shape index (κ1) is 24.8. The van der Waals surface area contributed by atoms with Gasteiger partial charge >= 0.3 is 11.7 Å². The van der Waals surface area contributed by atoms with Crippen LogP contribution in [0.15, 0.2) is 40.6 Å². The third-order valence-corrected chi connectivity index (χ3v) is 4.31. The molecule has 1 aliphatic heterocycles. The Hall–Kier alpha value is -3.46. The number of carboxylic acids is 1. The summed E-state index contributed by atoms with van der Waals surface area (Å²) in [6.07, 6.45) is 5.70. The van der Waals surface area contributed by atoms with Gasteiger partial charge in [0.1, 0.15) is 17.7 Å². The number of ether oxygens (including phenoxy) is 1. The largest absolute Gasteiger partial charge is 0.479 e. The zero-order valence-electron chi connectivity index (χ0n) is 17.1. The van der Waals surface area contributed by atoms with Crippen molar-refractivity contribution in [3.05, 3.63) is 62.0 Å². The van der Waals surface area contributed by atoms with Crippen LogP contribution < -0.4 is 11.2 Å². The molecular formula is C18H22N6O7S. The van der Waals surface area contributed by atoms with Gasteiger partial charge in [-0.15, -0.1) is 0 Å². The summed E-state index contributed by atoms with van der Waals surface area (Å²) in [6.45, 7) is 2.67. The maximum Gasteiger partial charge on any atom is 0.332 e. The van der Waals surface area contributed by atoms with E-state index in [0.717, 1.165) is 11.2 Å². The minimum atomic E-state index is -1.23. The summed E-state index contributed by atoms with van der Waals surface area (Å²) in [4.78, 5) is 47.9. The van der Waals surface area contributed by atoms with Gasteiger partial charge in [-0.25, -0.2) is 19.6 Å². The van der Waals surface area contributed by atoms with E-state index in [1.54, 1.807) is 25.4 Å². The van der Waals surface area contributed by atoms with Crippen molar-refractivity contribution in [2.45, 2.75) is 32.3 Å². The fourth-order valence-corrected chi connectivity index (χ4v) is 2.52. The van der Waals surface area contributed by atoms with Crippen LogP contribution in [0.4, 0.5) is 0 Å². The number of hydrogen-bond donors (Lipinski definition) is 6. The molecule has 1 unspecified atom stereocenters. The van der Waals surface area contributed by atoms with Crippen molar-refractivity contribution in [1.82, 2.24) is 29.5 Å². The highest BCUT2D eigenvalue weighted by Crippen LogP contribution is 2.18. The summed E-state index contributed by atoms with van der Waals surface area (Å²) in [5.74, 6) is -1.19. The molecule has 0 aliphatic carbocycles. The molecular weight excluding hydrogens is 444 g/mol. The second kappa shape index (κ2) is 11.2. The number of aliphatic hydroxyl groups excluding tert-OH is 2. The van der Waals surface area contributed by atoms with Crippen LogP contribution in [0.3, 0.4) is 0 Å². The molecule has 172 valence electrons. The predicted octanol–water partition coefficient (Wildman–Crippen LogP) is -0.242. The first-order valence-corrected chi connectivity index (χ1v) is 9.59. The molecule has 3 aromatic heterocycles. The summed E-state index contributed by atoms with van der Waals surface area (Å²) in [7, 11) is 0. The number of H-pyrrole nitrogens is 3. The molecule has 13 nitrogen and oxygen atoms in total. The van der Waals surface area contributed by atoms with Crippen molar-refractivity contribution in [2.24, 2.45) is 0 Å². The summed E-state index contributed by atoms with van der Waals surface area (Å²) >= 11 is 4.91. The van der Waals surface area contributed by atoms with Crippen LogP contribution >= 0.6 is 12.2 Å². The number of fused-ring (bicyclic) bond motifs is 1. The second-order valence-corrected chi connectivity index (χ2v) is 6.85. The maximum atomic E-state index is 11.5. The van der Waals surface area contributed by atoms with E-state index in [1.807, 2.05) is 0 Å². The van der Waals surface area contributed by atoms with E-state index in [9.17, 15) is 14.4 Å². The molecule has 0 bridgehead atoms. The fraction of sp³-hybridized carbons (Fsp3) is 0.333. The number of aryl methyl sites for hydroxylation is 1. The first-order chi connectivity index (χ1) is 15.1. The average Bonchev–Trinajstić information content (AvgIpc) is 3.42. The Bertz CT molecular complexity index is 1260. The van der Waals surface area contributed by atoms with Gasteiger partial charge in [-0.1, -0.05) is 18.3 Å². The molecule has 0 spiro atoms. The number of imidazole rings is 1. The molecule has 0 saturated heterocycles. The lowest BCUT2D eigenvalue weighted by molar-refractivity contribution is -0.145. The highest BCUT2D eigenvalue weighted by molar-refractivity contribution is 7.71. The zero-order chi connectivity index (χ0) is 23.8. The highest BCUT2D eigenvalue weighted by atomic mass is 32.1. The lowest BCUT2D eigenvalue weighted by Gasteiger charge is -2.14. The van der Waals surface area contributed by atoms with E-state index in [-0.39, 0.29) is 6.61 Å². The van der Waals surface area contributed by atoms with Crippen LogP contribution in [0.1, 0.15) is 18.7 Å². The van der Waals surface area contributed by atoms with Crippen LogP contribution in [0.25, 0.3) is 11.2 Å². The average molecular weight is 466 g/mol. The second-order valence-electron chi connectivity index (χ2n) is 6.46. The number of aliphatic hydroxyl groups is 2. The van der Waals surface area contributed by atoms with Crippen LogP contribution in [0.5, 0.6) is 0 Å². The molecule has 4 heterocycles. The number of rotatable bonds is 3. The van der Waals surface area contributed by atoms with Crippen LogP contribution in [0, 0.1) is 11.6 Å². The van der Waals surface area contributed by atoms with Gasteiger partial charge in [0.25, 0.3) is 5.56 Å². The normalized spacial score (nSPS) is 17.8. The molecule has 0 radical (unpaired) electrons. The van der Waals surface area contributed by atoms with Crippen LogP contribution in [0.2, 0.25) is 0 Å². The summed E-state index contributed by atoms with van der Waals surface area (Å²) in [5.41, 5.74) is 1.05. The van der Waals surface area contributed by atoms with Gasteiger partial charge < -0.3 is 30.0 Å². The Morgan fingerprint density at radius 3 is 2.50 bits per heavy atom.